The molecule has 0 bridgehead atoms. The Morgan fingerprint density at radius 1 is 1.04 bits per heavy atom. The van der Waals surface area contributed by atoms with Gasteiger partial charge in [0.1, 0.15) is 0 Å². The molecule has 3 rings (SSSR count). The summed E-state index contributed by atoms with van der Waals surface area (Å²) in [4.78, 5) is 27.1. The van der Waals surface area contributed by atoms with E-state index < -0.39 is 5.97 Å². The third-order valence-corrected chi connectivity index (χ3v) is 3.07. The lowest BCUT2D eigenvalue weighted by atomic mass is 10.1. The fourth-order valence-electron chi connectivity index (χ4n) is 1.96. The molecule has 0 saturated carbocycles. The quantitative estimate of drug-likeness (QED) is 0.660. The number of hydrogen-bond acceptors (Lipinski definition) is 7. The van der Waals surface area contributed by atoms with Crippen molar-refractivity contribution in [3.63, 3.8) is 0 Å². The summed E-state index contributed by atoms with van der Waals surface area (Å²) in [5.74, 6) is -0.747. The molecule has 0 unspecified atom stereocenters. The number of aromatic carboxylic acids is 1. The molecule has 5 N–H and O–H groups in total. The van der Waals surface area contributed by atoms with Gasteiger partial charge in [-0.15, -0.1) is 0 Å². The number of rotatable bonds is 3. The minimum absolute atomic E-state index is 0.0473. The summed E-state index contributed by atoms with van der Waals surface area (Å²) in [5.41, 5.74) is 13.6. The van der Waals surface area contributed by atoms with Crippen molar-refractivity contribution in [1.29, 1.82) is 0 Å². The van der Waals surface area contributed by atoms with E-state index in [9.17, 15) is 4.79 Å². The van der Waals surface area contributed by atoms with E-state index in [1.165, 1.54) is 18.3 Å². The Kier molecular flexibility index (Phi) is 3.55. The van der Waals surface area contributed by atoms with Crippen molar-refractivity contribution >= 4 is 41.1 Å². The zero-order chi connectivity index (χ0) is 16.4. The maximum Gasteiger partial charge on any atom is 0.335 e. The fourth-order valence-corrected chi connectivity index (χ4v) is 1.96. The number of carboxylic acids is 1. The lowest BCUT2D eigenvalue weighted by molar-refractivity contribution is 0.0697. The third-order valence-electron chi connectivity index (χ3n) is 3.07. The summed E-state index contributed by atoms with van der Waals surface area (Å²) in [6, 6.07) is 6.46. The maximum absolute atomic E-state index is 10.8. The average Bonchev–Trinajstić information content (AvgIpc) is 2.53. The van der Waals surface area contributed by atoms with Gasteiger partial charge in [-0.1, -0.05) is 18.2 Å². The predicted molar refractivity (Wildman–Crippen MR) is 86.3 cm³/mol. The van der Waals surface area contributed by atoms with Crippen molar-refractivity contribution in [1.82, 2.24) is 19.9 Å². The number of fused-ring (bicyclic) bond motifs is 1. The van der Waals surface area contributed by atoms with Gasteiger partial charge in [-0.3, -0.25) is 0 Å². The van der Waals surface area contributed by atoms with Crippen LogP contribution < -0.4 is 11.5 Å². The number of anilines is 2. The fraction of sp³-hybridized carbons (Fsp3) is 0. The number of nitrogen functional groups attached to an aromatic ring is 2. The Hall–Kier alpha value is -3.55. The van der Waals surface area contributed by atoms with Crippen LogP contribution in [-0.2, 0) is 0 Å². The van der Waals surface area contributed by atoms with Crippen molar-refractivity contribution in [2.75, 3.05) is 11.5 Å². The van der Waals surface area contributed by atoms with Crippen molar-refractivity contribution < 1.29 is 9.90 Å². The second-order valence-corrected chi connectivity index (χ2v) is 4.69. The van der Waals surface area contributed by atoms with E-state index in [4.69, 9.17) is 16.6 Å². The van der Waals surface area contributed by atoms with Crippen LogP contribution in [0, 0.1) is 0 Å². The predicted octanol–water partition coefficient (Wildman–Crippen LogP) is 1.45. The van der Waals surface area contributed by atoms with E-state index in [1.54, 1.807) is 24.3 Å². The molecule has 0 atom stereocenters. The highest BCUT2D eigenvalue weighted by molar-refractivity contribution is 5.88. The Morgan fingerprint density at radius 2 is 1.78 bits per heavy atom. The number of nitrogens with two attached hydrogens (primary N) is 2. The molecule has 0 saturated heterocycles. The minimum atomic E-state index is -0.962. The van der Waals surface area contributed by atoms with Gasteiger partial charge in [0.15, 0.2) is 17.0 Å². The van der Waals surface area contributed by atoms with Crippen LogP contribution in [0.5, 0.6) is 0 Å². The number of benzene rings is 1. The molecule has 0 radical (unpaired) electrons. The molecular formula is C15H12N6O2. The number of hydrogen-bond donors (Lipinski definition) is 3. The van der Waals surface area contributed by atoms with Crippen molar-refractivity contribution in [2.24, 2.45) is 0 Å². The van der Waals surface area contributed by atoms with E-state index in [-0.39, 0.29) is 17.3 Å². The molecule has 0 aliphatic rings. The van der Waals surface area contributed by atoms with Gasteiger partial charge in [0.2, 0.25) is 5.95 Å². The van der Waals surface area contributed by atoms with Gasteiger partial charge in [-0.2, -0.15) is 9.97 Å². The maximum atomic E-state index is 10.8. The van der Waals surface area contributed by atoms with Crippen LogP contribution in [0.15, 0.2) is 30.5 Å². The summed E-state index contributed by atoms with van der Waals surface area (Å²) in [6.07, 6.45) is 5.06. The van der Waals surface area contributed by atoms with Gasteiger partial charge < -0.3 is 16.6 Å². The van der Waals surface area contributed by atoms with Gasteiger partial charge in [-0.05, 0) is 23.8 Å². The van der Waals surface area contributed by atoms with Crippen LogP contribution in [0.4, 0.5) is 11.8 Å². The summed E-state index contributed by atoms with van der Waals surface area (Å²) >= 11 is 0. The van der Waals surface area contributed by atoms with Crippen LogP contribution in [0.25, 0.3) is 23.3 Å². The van der Waals surface area contributed by atoms with Gasteiger partial charge in [-0.25, -0.2) is 14.8 Å². The Morgan fingerprint density at radius 3 is 2.48 bits per heavy atom. The van der Waals surface area contributed by atoms with Crippen molar-refractivity contribution in [3.8, 4) is 0 Å². The van der Waals surface area contributed by atoms with Crippen LogP contribution in [0.3, 0.4) is 0 Å². The molecule has 114 valence electrons. The molecule has 8 nitrogen and oxygen atoms in total. The van der Waals surface area contributed by atoms with E-state index in [1.807, 2.05) is 0 Å². The monoisotopic (exact) mass is 308 g/mol. The highest BCUT2D eigenvalue weighted by atomic mass is 16.4. The lowest BCUT2D eigenvalue weighted by Crippen LogP contribution is -2.03. The van der Waals surface area contributed by atoms with Crippen molar-refractivity contribution in [3.05, 3.63) is 47.3 Å². The zero-order valence-electron chi connectivity index (χ0n) is 11.8. The van der Waals surface area contributed by atoms with Crippen LogP contribution >= 0.6 is 0 Å². The number of nitrogens with zero attached hydrogens (tertiary/aromatic N) is 4. The topological polar surface area (TPSA) is 141 Å². The van der Waals surface area contributed by atoms with Gasteiger partial charge in [0.25, 0.3) is 0 Å². The first-order chi connectivity index (χ1) is 11.0. The first-order valence-corrected chi connectivity index (χ1v) is 6.60. The van der Waals surface area contributed by atoms with Gasteiger partial charge in [0.05, 0.1) is 17.5 Å². The second-order valence-electron chi connectivity index (χ2n) is 4.69. The molecule has 0 amide bonds. The van der Waals surface area contributed by atoms with Gasteiger partial charge >= 0.3 is 5.97 Å². The smallest absolute Gasteiger partial charge is 0.335 e. The SMILES string of the molecule is Nc1nc(N)c2nc(C=Cc3ccc(C(=O)O)cc3)cnc2n1. The molecule has 2 aromatic heterocycles. The molecule has 0 aliphatic heterocycles. The molecule has 0 aliphatic carbocycles. The van der Waals surface area contributed by atoms with E-state index in [0.29, 0.717) is 16.9 Å². The molecule has 0 fully saturated rings. The summed E-state index contributed by atoms with van der Waals surface area (Å²) in [5, 5.41) is 8.86. The molecule has 23 heavy (non-hydrogen) atoms. The van der Waals surface area contributed by atoms with Gasteiger partial charge in [0, 0.05) is 0 Å². The van der Waals surface area contributed by atoms with Crippen molar-refractivity contribution in [2.45, 2.75) is 0 Å². The van der Waals surface area contributed by atoms with Crippen LogP contribution in [0.1, 0.15) is 21.6 Å². The Bertz CT molecular complexity index is 921. The van der Waals surface area contributed by atoms with Crippen LogP contribution in [-0.4, -0.2) is 31.0 Å². The minimum Gasteiger partial charge on any atom is -0.478 e. The number of aromatic nitrogens is 4. The third kappa shape index (κ3) is 3.05. The molecule has 3 aromatic rings. The molecule has 1 aromatic carbocycles. The average molecular weight is 308 g/mol. The standard InChI is InChI=1S/C15H12N6O2/c16-12-11-13(21-15(17)20-12)18-7-10(19-11)6-3-8-1-4-9(5-2-8)14(22)23/h1-7H,(H,22,23)(H4,16,17,18,20,21). The summed E-state index contributed by atoms with van der Waals surface area (Å²) < 4.78 is 0. The highest BCUT2D eigenvalue weighted by Gasteiger charge is 2.06. The number of carboxylic acid groups (broad SMARTS) is 1. The lowest BCUT2D eigenvalue weighted by Gasteiger charge is -2.01. The van der Waals surface area contributed by atoms with Crippen LogP contribution in [0.2, 0.25) is 0 Å². The first-order valence-electron chi connectivity index (χ1n) is 6.60. The number of carbonyl (C=O) groups is 1. The summed E-state index contributed by atoms with van der Waals surface area (Å²) in [7, 11) is 0. The van der Waals surface area contributed by atoms with E-state index in [2.05, 4.69) is 19.9 Å². The molecular weight excluding hydrogens is 296 g/mol. The zero-order valence-corrected chi connectivity index (χ0v) is 11.8. The largest absolute Gasteiger partial charge is 0.478 e. The molecule has 0 spiro atoms. The van der Waals surface area contributed by atoms with E-state index >= 15 is 0 Å². The Labute approximate surface area is 130 Å². The molecule has 2 heterocycles. The highest BCUT2D eigenvalue weighted by Crippen LogP contribution is 2.16. The molecule has 8 heteroatoms. The first kappa shape index (κ1) is 14.4. The summed E-state index contributed by atoms with van der Waals surface area (Å²) in [6.45, 7) is 0. The van der Waals surface area contributed by atoms with E-state index in [0.717, 1.165) is 5.56 Å². The Balaban J connectivity index is 1.90. The normalized spacial score (nSPS) is 11.1. The second kappa shape index (κ2) is 5.68.